The molecule has 5 heteroatoms. The van der Waals surface area contributed by atoms with E-state index in [-0.39, 0.29) is 0 Å². The minimum Gasteiger partial charge on any atom is -0.430 e. The van der Waals surface area contributed by atoms with Crippen molar-refractivity contribution >= 4 is 27.5 Å². The second-order valence-corrected chi connectivity index (χ2v) is 5.68. The van der Waals surface area contributed by atoms with Crippen LogP contribution in [0.3, 0.4) is 0 Å². The highest BCUT2D eigenvalue weighted by molar-refractivity contribution is 9.10. The zero-order valence-electron chi connectivity index (χ0n) is 9.90. The maximum atomic E-state index is 5.77. The van der Waals surface area contributed by atoms with Crippen LogP contribution in [0.2, 0.25) is 0 Å². The molecular formula is C12H13BrN2OS. The standard InChI is InChI=1S/C12H13BrN2OS/c1-7(2)10-6-9(13)4-5-11(10)16-12-14-8(3)15-17-12/h4-7H,1-3H3. The molecule has 1 heterocycles. The van der Waals surface area contributed by atoms with Crippen LogP contribution >= 0.6 is 27.5 Å². The third kappa shape index (κ3) is 3.04. The topological polar surface area (TPSA) is 35.0 Å². The van der Waals surface area contributed by atoms with Gasteiger partial charge in [0.15, 0.2) is 0 Å². The number of aryl methyl sites for hydroxylation is 1. The predicted molar refractivity (Wildman–Crippen MR) is 73.0 cm³/mol. The monoisotopic (exact) mass is 312 g/mol. The van der Waals surface area contributed by atoms with Gasteiger partial charge in [-0.2, -0.15) is 9.36 Å². The lowest BCUT2D eigenvalue weighted by atomic mass is 10.0. The Balaban J connectivity index is 2.32. The Labute approximate surface area is 113 Å². The summed E-state index contributed by atoms with van der Waals surface area (Å²) in [7, 11) is 0. The Morgan fingerprint density at radius 3 is 2.71 bits per heavy atom. The van der Waals surface area contributed by atoms with E-state index in [1.54, 1.807) is 0 Å². The van der Waals surface area contributed by atoms with E-state index in [1.807, 2.05) is 19.1 Å². The summed E-state index contributed by atoms with van der Waals surface area (Å²) in [4.78, 5) is 4.20. The van der Waals surface area contributed by atoms with Crippen molar-refractivity contribution in [3.05, 3.63) is 34.1 Å². The van der Waals surface area contributed by atoms with E-state index in [1.165, 1.54) is 11.5 Å². The Hall–Kier alpha value is -0.940. The number of benzene rings is 1. The van der Waals surface area contributed by atoms with Crippen molar-refractivity contribution in [2.75, 3.05) is 0 Å². The Bertz CT molecular complexity index is 525. The lowest BCUT2D eigenvalue weighted by Gasteiger charge is -2.12. The SMILES string of the molecule is Cc1nsc(Oc2ccc(Br)cc2C(C)C)n1. The van der Waals surface area contributed by atoms with E-state index in [4.69, 9.17) is 4.74 Å². The number of hydrogen-bond donors (Lipinski definition) is 0. The molecule has 0 saturated carbocycles. The Morgan fingerprint density at radius 2 is 2.12 bits per heavy atom. The molecule has 0 aliphatic carbocycles. The van der Waals surface area contributed by atoms with Gasteiger partial charge in [-0.25, -0.2) is 0 Å². The van der Waals surface area contributed by atoms with Crippen molar-refractivity contribution in [2.45, 2.75) is 26.7 Å². The molecule has 2 aromatic rings. The molecule has 0 unspecified atom stereocenters. The number of rotatable bonds is 3. The summed E-state index contributed by atoms with van der Waals surface area (Å²) in [5, 5.41) is 0.590. The third-order valence-corrected chi connectivity index (χ3v) is 3.48. The van der Waals surface area contributed by atoms with Crippen molar-refractivity contribution in [3.8, 4) is 10.9 Å². The zero-order chi connectivity index (χ0) is 12.4. The molecule has 2 rings (SSSR count). The predicted octanol–water partition coefficient (Wildman–Crippen LogP) is 4.52. The largest absolute Gasteiger partial charge is 0.430 e. The van der Waals surface area contributed by atoms with Crippen molar-refractivity contribution in [3.63, 3.8) is 0 Å². The molecule has 17 heavy (non-hydrogen) atoms. The van der Waals surface area contributed by atoms with Gasteiger partial charge >= 0.3 is 0 Å². The van der Waals surface area contributed by atoms with Gasteiger partial charge in [0.1, 0.15) is 11.6 Å². The molecule has 0 aliphatic rings. The van der Waals surface area contributed by atoms with Gasteiger partial charge in [0, 0.05) is 16.0 Å². The summed E-state index contributed by atoms with van der Waals surface area (Å²) in [6.45, 7) is 6.13. The van der Waals surface area contributed by atoms with Gasteiger partial charge in [-0.15, -0.1) is 0 Å². The number of aromatic nitrogens is 2. The van der Waals surface area contributed by atoms with Gasteiger partial charge in [0.05, 0.1) is 0 Å². The van der Waals surface area contributed by atoms with Crippen LogP contribution in [0.5, 0.6) is 10.9 Å². The van der Waals surface area contributed by atoms with E-state index < -0.39 is 0 Å². The molecule has 1 aromatic carbocycles. The molecule has 1 aromatic heterocycles. The van der Waals surface area contributed by atoms with E-state index in [2.05, 4.69) is 45.2 Å². The fourth-order valence-corrected chi connectivity index (χ4v) is 2.41. The molecule has 0 fully saturated rings. The summed E-state index contributed by atoms with van der Waals surface area (Å²) < 4.78 is 10.9. The molecular weight excluding hydrogens is 300 g/mol. The van der Waals surface area contributed by atoms with Crippen LogP contribution in [0.15, 0.2) is 22.7 Å². The second-order valence-electron chi connectivity index (χ2n) is 4.05. The van der Waals surface area contributed by atoms with Crippen LogP contribution in [-0.2, 0) is 0 Å². The van der Waals surface area contributed by atoms with E-state index in [9.17, 15) is 0 Å². The van der Waals surface area contributed by atoms with Gasteiger partial charge < -0.3 is 4.74 Å². The molecule has 0 N–H and O–H groups in total. The second kappa shape index (κ2) is 5.14. The Kier molecular flexibility index (Phi) is 3.79. The third-order valence-electron chi connectivity index (χ3n) is 2.30. The van der Waals surface area contributed by atoms with Gasteiger partial charge in [-0.3, -0.25) is 0 Å². The number of hydrogen-bond acceptors (Lipinski definition) is 4. The summed E-state index contributed by atoms with van der Waals surface area (Å²) in [5.74, 6) is 1.99. The van der Waals surface area contributed by atoms with Gasteiger partial charge in [0.25, 0.3) is 5.19 Å². The lowest BCUT2D eigenvalue weighted by molar-refractivity contribution is 0.468. The number of nitrogens with zero attached hydrogens (tertiary/aromatic N) is 2. The lowest BCUT2D eigenvalue weighted by Crippen LogP contribution is -1.93. The first-order valence-electron chi connectivity index (χ1n) is 5.34. The van der Waals surface area contributed by atoms with Crippen molar-refractivity contribution in [2.24, 2.45) is 0 Å². The van der Waals surface area contributed by atoms with Crippen LogP contribution in [0, 0.1) is 6.92 Å². The van der Waals surface area contributed by atoms with Crippen LogP contribution in [0.1, 0.15) is 31.2 Å². The highest BCUT2D eigenvalue weighted by Gasteiger charge is 2.11. The van der Waals surface area contributed by atoms with Gasteiger partial charge in [-0.1, -0.05) is 29.8 Å². The zero-order valence-corrected chi connectivity index (χ0v) is 12.3. The average molecular weight is 313 g/mol. The highest BCUT2D eigenvalue weighted by atomic mass is 79.9. The van der Waals surface area contributed by atoms with E-state index in [0.717, 1.165) is 21.6 Å². The smallest absolute Gasteiger partial charge is 0.298 e. The van der Waals surface area contributed by atoms with Crippen LogP contribution in [-0.4, -0.2) is 9.36 Å². The fraction of sp³-hybridized carbons (Fsp3) is 0.333. The van der Waals surface area contributed by atoms with Crippen molar-refractivity contribution < 1.29 is 4.74 Å². The minimum absolute atomic E-state index is 0.400. The van der Waals surface area contributed by atoms with Crippen molar-refractivity contribution in [1.82, 2.24) is 9.36 Å². The first kappa shape index (κ1) is 12.5. The molecule has 0 radical (unpaired) electrons. The average Bonchev–Trinajstić information content (AvgIpc) is 2.66. The Morgan fingerprint density at radius 1 is 1.35 bits per heavy atom. The molecule has 0 atom stereocenters. The molecule has 90 valence electrons. The maximum absolute atomic E-state index is 5.77. The molecule has 0 saturated heterocycles. The van der Waals surface area contributed by atoms with Crippen molar-refractivity contribution in [1.29, 1.82) is 0 Å². The van der Waals surface area contributed by atoms with Crippen LogP contribution in [0.4, 0.5) is 0 Å². The van der Waals surface area contributed by atoms with E-state index >= 15 is 0 Å². The summed E-state index contributed by atoms with van der Waals surface area (Å²) in [6, 6.07) is 6.00. The van der Waals surface area contributed by atoms with Crippen LogP contribution in [0.25, 0.3) is 0 Å². The fourth-order valence-electron chi connectivity index (χ4n) is 1.48. The minimum atomic E-state index is 0.400. The molecule has 0 spiro atoms. The quantitative estimate of drug-likeness (QED) is 0.835. The highest BCUT2D eigenvalue weighted by Crippen LogP contribution is 2.33. The summed E-state index contributed by atoms with van der Waals surface area (Å²) in [5.41, 5.74) is 1.16. The van der Waals surface area contributed by atoms with E-state index in [0.29, 0.717) is 11.1 Å². The first-order valence-corrected chi connectivity index (χ1v) is 6.90. The maximum Gasteiger partial charge on any atom is 0.298 e. The van der Waals surface area contributed by atoms with Gasteiger partial charge in [-0.05, 0) is 36.6 Å². The molecule has 0 aliphatic heterocycles. The normalized spacial score (nSPS) is 10.9. The number of halogens is 1. The van der Waals surface area contributed by atoms with Gasteiger partial charge in [0.2, 0.25) is 0 Å². The number of ether oxygens (including phenoxy) is 1. The summed E-state index contributed by atoms with van der Waals surface area (Å²) in [6.07, 6.45) is 0. The molecule has 3 nitrogen and oxygen atoms in total. The summed E-state index contributed by atoms with van der Waals surface area (Å²) >= 11 is 4.75. The van der Waals surface area contributed by atoms with Crippen LogP contribution < -0.4 is 4.74 Å². The first-order chi connectivity index (χ1) is 8.06. The molecule has 0 bridgehead atoms. The molecule has 0 amide bonds.